The average Bonchev–Trinajstić information content (AvgIpc) is 2.86. The van der Waals surface area contributed by atoms with Gasteiger partial charge in [0.25, 0.3) is 0 Å². The molecule has 3 heteroatoms. The molecule has 2 N–H and O–H groups in total. The van der Waals surface area contributed by atoms with Gasteiger partial charge in [-0.25, -0.2) is 0 Å². The largest absolute Gasteiger partial charge is 0.497 e. The van der Waals surface area contributed by atoms with Gasteiger partial charge in [0.05, 0.1) is 7.11 Å². The van der Waals surface area contributed by atoms with Crippen LogP contribution in [0.3, 0.4) is 0 Å². The van der Waals surface area contributed by atoms with Crippen molar-refractivity contribution in [2.45, 2.75) is 50.0 Å². The van der Waals surface area contributed by atoms with E-state index in [0.29, 0.717) is 5.92 Å². The van der Waals surface area contributed by atoms with Gasteiger partial charge in [0, 0.05) is 5.56 Å². The minimum atomic E-state index is 0.0847. The topological polar surface area (TPSA) is 44.5 Å². The molecule has 1 heterocycles. The van der Waals surface area contributed by atoms with Gasteiger partial charge in [-0.1, -0.05) is 0 Å². The molecule has 0 aromatic heterocycles. The Balaban J connectivity index is 1.96. The lowest BCUT2D eigenvalue weighted by atomic mass is 9.80. The first-order chi connectivity index (χ1) is 9.26. The monoisotopic (exact) mass is 261 g/mol. The molecule has 1 spiro atoms. The van der Waals surface area contributed by atoms with Crippen LogP contribution in [0.4, 0.5) is 0 Å². The van der Waals surface area contributed by atoms with E-state index in [1.54, 1.807) is 7.11 Å². The van der Waals surface area contributed by atoms with Crippen molar-refractivity contribution in [3.8, 4) is 11.5 Å². The smallest absolute Gasteiger partial charge is 0.123 e. The summed E-state index contributed by atoms with van der Waals surface area (Å²) in [4.78, 5) is 0. The highest BCUT2D eigenvalue weighted by Gasteiger charge is 2.42. The van der Waals surface area contributed by atoms with E-state index in [2.05, 4.69) is 12.1 Å². The predicted molar refractivity (Wildman–Crippen MR) is 75.9 cm³/mol. The summed E-state index contributed by atoms with van der Waals surface area (Å²) in [6.07, 6.45) is 7.12. The first-order valence-electron chi connectivity index (χ1n) is 7.33. The van der Waals surface area contributed by atoms with Crippen LogP contribution in [0.25, 0.3) is 0 Å². The van der Waals surface area contributed by atoms with E-state index in [1.807, 2.05) is 6.07 Å². The lowest BCUT2D eigenvalue weighted by molar-refractivity contribution is 0.0408. The average molecular weight is 261 g/mol. The lowest BCUT2D eigenvalue weighted by Crippen LogP contribution is -2.38. The van der Waals surface area contributed by atoms with E-state index in [1.165, 1.54) is 31.2 Å². The van der Waals surface area contributed by atoms with Gasteiger partial charge in [-0.15, -0.1) is 0 Å². The molecule has 1 unspecified atom stereocenters. The summed E-state index contributed by atoms with van der Waals surface area (Å²) in [6, 6.07) is 6.18. The van der Waals surface area contributed by atoms with Gasteiger partial charge < -0.3 is 15.2 Å². The summed E-state index contributed by atoms with van der Waals surface area (Å²) < 4.78 is 11.7. The van der Waals surface area contributed by atoms with Crippen molar-refractivity contribution in [3.05, 3.63) is 23.8 Å². The van der Waals surface area contributed by atoms with Gasteiger partial charge in [-0.3, -0.25) is 0 Å². The number of nitrogens with two attached hydrogens (primary N) is 1. The Morgan fingerprint density at radius 1 is 1.37 bits per heavy atom. The van der Waals surface area contributed by atoms with Crippen LogP contribution in [0, 0.1) is 0 Å². The molecule has 1 atom stereocenters. The molecule has 0 bridgehead atoms. The Hall–Kier alpha value is -1.22. The number of fused-ring (bicyclic) bond motifs is 1. The number of hydrogen-bond donors (Lipinski definition) is 1. The second-order valence-electron chi connectivity index (χ2n) is 5.87. The fourth-order valence-corrected chi connectivity index (χ4v) is 3.68. The molecule has 1 saturated carbocycles. The maximum atomic E-state index is 6.36. The lowest BCUT2D eigenvalue weighted by Gasteiger charge is -2.40. The van der Waals surface area contributed by atoms with Crippen LogP contribution in [-0.2, 0) is 0 Å². The number of benzene rings is 1. The van der Waals surface area contributed by atoms with Crippen molar-refractivity contribution in [2.24, 2.45) is 5.73 Å². The van der Waals surface area contributed by atoms with Crippen molar-refractivity contribution in [3.63, 3.8) is 0 Å². The highest BCUT2D eigenvalue weighted by Crippen LogP contribution is 2.49. The molecule has 19 heavy (non-hydrogen) atoms. The molecule has 1 aliphatic carbocycles. The minimum absolute atomic E-state index is 0.0847. The van der Waals surface area contributed by atoms with Crippen molar-refractivity contribution in [1.82, 2.24) is 0 Å². The SMILES string of the molecule is COc1ccc2c(c1)C(CCN)CC1(CCCC1)O2. The standard InChI is InChI=1S/C16H23NO2/c1-18-13-4-5-15-14(10-13)12(6-9-17)11-16(19-15)7-2-3-8-16/h4-5,10,12H,2-3,6-9,11,17H2,1H3. The normalized spacial score (nSPS) is 24.0. The van der Waals surface area contributed by atoms with Crippen LogP contribution >= 0.6 is 0 Å². The van der Waals surface area contributed by atoms with Crippen LogP contribution in [0.2, 0.25) is 0 Å². The van der Waals surface area contributed by atoms with Gasteiger partial charge in [0.1, 0.15) is 17.1 Å². The zero-order valence-corrected chi connectivity index (χ0v) is 11.7. The molecule has 1 aliphatic heterocycles. The van der Waals surface area contributed by atoms with Gasteiger partial charge in [-0.05, 0) is 69.2 Å². The molecular formula is C16H23NO2. The van der Waals surface area contributed by atoms with Gasteiger partial charge >= 0.3 is 0 Å². The molecule has 1 aromatic carbocycles. The quantitative estimate of drug-likeness (QED) is 0.908. The Morgan fingerprint density at radius 3 is 2.84 bits per heavy atom. The van der Waals surface area contributed by atoms with Crippen LogP contribution in [0.1, 0.15) is 50.0 Å². The second-order valence-corrected chi connectivity index (χ2v) is 5.87. The summed E-state index contributed by atoms with van der Waals surface area (Å²) in [5, 5.41) is 0. The van der Waals surface area contributed by atoms with E-state index in [4.69, 9.17) is 15.2 Å². The third-order valence-electron chi connectivity index (χ3n) is 4.63. The van der Waals surface area contributed by atoms with E-state index < -0.39 is 0 Å². The zero-order valence-electron chi connectivity index (χ0n) is 11.7. The molecule has 3 rings (SSSR count). The third kappa shape index (κ3) is 2.32. The predicted octanol–water partition coefficient (Wildman–Crippen LogP) is 3.22. The maximum absolute atomic E-state index is 6.36. The van der Waals surface area contributed by atoms with Crippen LogP contribution in [0.15, 0.2) is 18.2 Å². The van der Waals surface area contributed by atoms with Crippen molar-refractivity contribution in [2.75, 3.05) is 13.7 Å². The Kier molecular flexibility index (Phi) is 3.40. The molecule has 3 nitrogen and oxygen atoms in total. The summed E-state index contributed by atoms with van der Waals surface area (Å²) in [7, 11) is 1.71. The molecule has 104 valence electrons. The summed E-state index contributed by atoms with van der Waals surface area (Å²) in [6.45, 7) is 0.734. The van der Waals surface area contributed by atoms with Crippen LogP contribution < -0.4 is 15.2 Å². The molecule has 0 saturated heterocycles. The van der Waals surface area contributed by atoms with Gasteiger partial charge in [-0.2, -0.15) is 0 Å². The molecule has 1 aromatic rings. The highest BCUT2D eigenvalue weighted by atomic mass is 16.5. The Bertz CT molecular complexity index is 452. The van der Waals surface area contributed by atoms with E-state index in [9.17, 15) is 0 Å². The fourth-order valence-electron chi connectivity index (χ4n) is 3.68. The fraction of sp³-hybridized carbons (Fsp3) is 0.625. The van der Waals surface area contributed by atoms with Crippen LogP contribution in [-0.4, -0.2) is 19.3 Å². The molecule has 0 amide bonds. The summed E-state index contributed by atoms with van der Waals surface area (Å²) >= 11 is 0. The van der Waals surface area contributed by atoms with Crippen molar-refractivity contribution in [1.29, 1.82) is 0 Å². The number of hydrogen-bond acceptors (Lipinski definition) is 3. The third-order valence-corrected chi connectivity index (χ3v) is 4.63. The molecule has 0 radical (unpaired) electrons. The molecule has 1 fully saturated rings. The first kappa shape index (κ1) is 12.8. The summed E-state index contributed by atoms with van der Waals surface area (Å²) in [5.41, 5.74) is 7.17. The second kappa shape index (κ2) is 5.04. The van der Waals surface area contributed by atoms with E-state index in [0.717, 1.165) is 30.9 Å². The maximum Gasteiger partial charge on any atom is 0.123 e. The number of rotatable bonds is 3. The highest BCUT2D eigenvalue weighted by molar-refractivity contribution is 5.44. The molecule has 2 aliphatic rings. The van der Waals surface area contributed by atoms with Gasteiger partial charge in [0.15, 0.2) is 0 Å². The summed E-state index contributed by atoms with van der Waals surface area (Å²) in [5.74, 6) is 2.47. The number of methoxy groups -OCH3 is 1. The van der Waals surface area contributed by atoms with Gasteiger partial charge in [0.2, 0.25) is 0 Å². The minimum Gasteiger partial charge on any atom is -0.497 e. The first-order valence-corrected chi connectivity index (χ1v) is 7.33. The Labute approximate surface area is 115 Å². The van der Waals surface area contributed by atoms with Crippen molar-refractivity contribution < 1.29 is 9.47 Å². The molecular weight excluding hydrogens is 238 g/mol. The number of ether oxygens (including phenoxy) is 2. The van der Waals surface area contributed by atoms with Crippen molar-refractivity contribution >= 4 is 0 Å². The van der Waals surface area contributed by atoms with E-state index in [-0.39, 0.29) is 5.60 Å². The Morgan fingerprint density at radius 2 is 2.16 bits per heavy atom. The zero-order chi connectivity index (χ0) is 13.3. The van der Waals surface area contributed by atoms with E-state index >= 15 is 0 Å². The van der Waals surface area contributed by atoms with Crippen LogP contribution in [0.5, 0.6) is 11.5 Å².